The Labute approximate surface area is 165 Å². The highest BCUT2D eigenvalue weighted by molar-refractivity contribution is 7.90. The Hall–Kier alpha value is -2.87. The molecule has 0 radical (unpaired) electrons. The van der Waals surface area contributed by atoms with Gasteiger partial charge < -0.3 is 10.1 Å². The number of carbonyl (C=O) groups excluding carboxylic acids is 2. The quantitative estimate of drug-likeness (QED) is 0.739. The van der Waals surface area contributed by atoms with Gasteiger partial charge in [-0.25, -0.2) is 13.1 Å². The average Bonchev–Trinajstić information content (AvgIpc) is 2.67. The lowest BCUT2D eigenvalue weighted by Gasteiger charge is -2.12. The van der Waals surface area contributed by atoms with E-state index in [1.807, 2.05) is 18.6 Å². The lowest BCUT2D eigenvalue weighted by molar-refractivity contribution is 0.0937. The van der Waals surface area contributed by atoms with Gasteiger partial charge in [-0.15, -0.1) is 0 Å². The van der Waals surface area contributed by atoms with Gasteiger partial charge in [-0.3, -0.25) is 9.59 Å². The molecular formula is C20H24N2O5S. The van der Waals surface area contributed by atoms with Gasteiger partial charge in [0.15, 0.2) is 0 Å². The lowest BCUT2D eigenvalue weighted by atomic mass is 10.1. The first-order valence-corrected chi connectivity index (χ1v) is 10.3. The predicted octanol–water partition coefficient (Wildman–Crippen LogP) is 2.65. The minimum atomic E-state index is -4.10. The number of hydrogen-bond donors (Lipinski definition) is 2. The van der Waals surface area contributed by atoms with Crippen LogP contribution in [0.15, 0.2) is 47.4 Å². The molecule has 0 aliphatic carbocycles. The summed E-state index contributed by atoms with van der Waals surface area (Å²) in [5.41, 5.74) is 1.25. The van der Waals surface area contributed by atoms with Crippen molar-refractivity contribution in [1.29, 1.82) is 0 Å². The van der Waals surface area contributed by atoms with Crippen molar-refractivity contribution in [1.82, 2.24) is 10.0 Å². The normalized spacial score (nSPS) is 12.1. The maximum Gasteiger partial charge on any atom is 0.268 e. The first-order valence-electron chi connectivity index (χ1n) is 8.80. The monoisotopic (exact) mass is 404 g/mol. The van der Waals surface area contributed by atoms with Crippen molar-refractivity contribution in [3.63, 3.8) is 0 Å². The number of aryl methyl sites for hydroxylation is 1. The van der Waals surface area contributed by atoms with Gasteiger partial charge in [-0.1, -0.05) is 18.6 Å². The van der Waals surface area contributed by atoms with Crippen LogP contribution in [0.25, 0.3) is 0 Å². The Kier molecular flexibility index (Phi) is 6.80. The van der Waals surface area contributed by atoms with Gasteiger partial charge in [-0.05, 0) is 56.7 Å². The fourth-order valence-corrected chi connectivity index (χ4v) is 3.40. The molecule has 28 heavy (non-hydrogen) atoms. The Balaban J connectivity index is 2.20. The summed E-state index contributed by atoms with van der Waals surface area (Å²) in [5.74, 6) is -0.804. The largest absolute Gasteiger partial charge is 0.496 e. The summed E-state index contributed by atoms with van der Waals surface area (Å²) in [7, 11) is -2.70. The Morgan fingerprint density at radius 3 is 2.29 bits per heavy atom. The summed E-state index contributed by atoms with van der Waals surface area (Å²) in [6.45, 7) is 5.62. The van der Waals surface area contributed by atoms with E-state index in [2.05, 4.69) is 5.32 Å². The molecule has 1 unspecified atom stereocenters. The highest BCUT2D eigenvalue weighted by Crippen LogP contribution is 2.20. The molecule has 0 saturated carbocycles. The summed E-state index contributed by atoms with van der Waals surface area (Å²) in [4.78, 5) is 24.4. The summed E-state index contributed by atoms with van der Waals surface area (Å²) in [6, 6.07) is 10.3. The highest BCUT2D eigenvalue weighted by Gasteiger charge is 2.21. The first kappa shape index (κ1) is 21.4. The van der Waals surface area contributed by atoms with Crippen molar-refractivity contribution in [3.8, 4) is 5.75 Å². The second-order valence-corrected chi connectivity index (χ2v) is 8.13. The average molecular weight is 404 g/mol. The lowest BCUT2D eigenvalue weighted by Crippen LogP contribution is -2.32. The highest BCUT2D eigenvalue weighted by atomic mass is 32.2. The van der Waals surface area contributed by atoms with Gasteiger partial charge in [0, 0.05) is 11.6 Å². The molecule has 0 aromatic heterocycles. The van der Waals surface area contributed by atoms with E-state index in [9.17, 15) is 18.0 Å². The standard InChI is InChI=1S/C20H24N2O5S/c1-5-14(3)21-19(23)15-7-9-16(10-8-15)28(25,26)22-20(24)17-12-13(2)6-11-18(17)27-4/h6-12,14H,5H2,1-4H3,(H,21,23)(H,22,24). The zero-order valence-corrected chi connectivity index (χ0v) is 17.1. The minimum absolute atomic E-state index is 0.0134. The van der Waals surface area contributed by atoms with Crippen LogP contribution in [0.2, 0.25) is 0 Å². The fourth-order valence-electron chi connectivity index (χ4n) is 2.43. The predicted molar refractivity (Wildman–Crippen MR) is 106 cm³/mol. The molecule has 0 spiro atoms. The third-order valence-electron chi connectivity index (χ3n) is 4.24. The van der Waals surface area contributed by atoms with E-state index in [4.69, 9.17) is 4.74 Å². The molecule has 2 aromatic carbocycles. The van der Waals surface area contributed by atoms with E-state index in [-0.39, 0.29) is 28.2 Å². The van der Waals surface area contributed by atoms with Crippen molar-refractivity contribution in [2.75, 3.05) is 7.11 Å². The van der Waals surface area contributed by atoms with E-state index in [1.54, 1.807) is 25.1 Å². The number of rotatable bonds is 7. The summed E-state index contributed by atoms with van der Waals surface area (Å²) in [5, 5.41) is 2.80. The van der Waals surface area contributed by atoms with Crippen LogP contribution in [0.4, 0.5) is 0 Å². The second kappa shape index (κ2) is 8.88. The van der Waals surface area contributed by atoms with Gasteiger partial charge in [0.05, 0.1) is 17.6 Å². The zero-order valence-electron chi connectivity index (χ0n) is 16.3. The van der Waals surface area contributed by atoms with Gasteiger partial charge in [0.2, 0.25) is 0 Å². The molecule has 2 N–H and O–H groups in total. The van der Waals surface area contributed by atoms with Crippen LogP contribution < -0.4 is 14.8 Å². The molecule has 2 aromatic rings. The van der Waals surface area contributed by atoms with Crippen LogP contribution >= 0.6 is 0 Å². The molecule has 0 aliphatic heterocycles. The number of sulfonamides is 1. The van der Waals surface area contributed by atoms with Gasteiger partial charge in [0.25, 0.3) is 21.8 Å². The van der Waals surface area contributed by atoms with Crippen LogP contribution in [-0.4, -0.2) is 33.4 Å². The number of methoxy groups -OCH3 is 1. The molecular weight excluding hydrogens is 380 g/mol. The molecule has 8 heteroatoms. The number of hydrogen-bond acceptors (Lipinski definition) is 5. The van der Waals surface area contributed by atoms with E-state index in [0.29, 0.717) is 5.56 Å². The second-order valence-electron chi connectivity index (χ2n) is 6.45. The molecule has 7 nitrogen and oxygen atoms in total. The maximum absolute atomic E-state index is 12.5. The Bertz CT molecular complexity index is 969. The van der Waals surface area contributed by atoms with E-state index in [0.717, 1.165) is 12.0 Å². The van der Waals surface area contributed by atoms with Gasteiger partial charge >= 0.3 is 0 Å². The van der Waals surface area contributed by atoms with Crippen molar-refractivity contribution in [2.24, 2.45) is 0 Å². The van der Waals surface area contributed by atoms with Crippen molar-refractivity contribution in [2.45, 2.75) is 38.1 Å². The van der Waals surface area contributed by atoms with E-state index >= 15 is 0 Å². The summed E-state index contributed by atoms with van der Waals surface area (Å²) < 4.78 is 32.2. The topological polar surface area (TPSA) is 102 Å². The number of ether oxygens (including phenoxy) is 1. The number of nitrogens with one attached hydrogen (secondary N) is 2. The molecule has 0 heterocycles. The smallest absolute Gasteiger partial charge is 0.268 e. The molecule has 2 rings (SSSR count). The maximum atomic E-state index is 12.5. The molecule has 2 amide bonds. The molecule has 150 valence electrons. The Morgan fingerprint density at radius 1 is 1.07 bits per heavy atom. The summed E-state index contributed by atoms with van der Waals surface area (Å²) >= 11 is 0. The van der Waals surface area contributed by atoms with Gasteiger partial charge in [0.1, 0.15) is 5.75 Å². The van der Waals surface area contributed by atoms with Crippen LogP contribution in [0.5, 0.6) is 5.75 Å². The number of amides is 2. The third kappa shape index (κ3) is 5.10. The van der Waals surface area contributed by atoms with Crippen LogP contribution in [0.3, 0.4) is 0 Å². The fraction of sp³-hybridized carbons (Fsp3) is 0.300. The zero-order chi connectivity index (χ0) is 20.9. The third-order valence-corrected chi connectivity index (χ3v) is 5.59. The van der Waals surface area contributed by atoms with Crippen molar-refractivity contribution < 1.29 is 22.7 Å². The van der Waals surface area contributed by atoms with Crippen LogP contribution in [0.1, 0.15) is 46.5 Å². The minimum Gasteiger partial charge on any atom is -0.496 e. The van der Waals surface area contributed by atoms with Crippen LogP contribution in [0, 0.1) is 6.92 Å². The molecule has 0 aliphatic rings. The van der Waals surface area contributed by atoms with E-state index < -0.39 is 15.9 Å². The molecule has 0 saturated heterocycles. The summed E-state index contributed by atoms with van der Waals surface area (Å²) in [6.07, 6.45) is 0.784. The SMILES string of the molecule is CCC(C)NC(=O)c1ccc(S(=O)(=O)NC(=O)c2cc(C)ccc2OC)cc1. The molecule has 1 atom stereocenters. The van der Waals surface area contributed by atoms with E-state index in [1.165, 1.54) is 31.4 Å². The van der Waals surface area contributed by atoms with Gasteiger partial charge in [-0.2, -0.15) is 0 Å². The van der Waals surface area contributed by atoms with Crippen LogP contribution in [-0.2, 0) is 10.0 Å². The van der Waals surface area contributed by atoms with Crippen molar-refractivity contribution >= 4 is 21.8 Å². The number of carbonyl (C=O) groups is 2. The first-order chi connectivity index (χ1) is 13.2. The molecule has 0 fully saturated rings. The van der Waals surface area contributed by atoms with Crippen molar-refractivity contribution in [3.05, 3.63) is 59.2 Å². The molecule has 0 bridgehead atoms. The number of benzene rings is 2. The Morgan fingerprint density at radius 2 is 1.71 bits per heavy atom.